The molecule has 0 aromatic rings. The number of hydrogen-bond donors (Lipinski definition) is 3. The van der Waals surface area contributed by atoms with Crippen LogP contribution in [0.3, 0.4) is 0 Å². The van der Waals surface area contributed by atoms with Crippen LogP contribution in [-0.2, 0) is 65.4 Å². The molecule has 0 spiro atoms. The Hall–Kier alpha value is -5.58. The molecule has 0 aliphatic heterocycles. The van der Waals surface area contributed by atoms with Crippen molar-refractivity contribution in [1.29, 1.82) is 0 Å². The van der Waals surface area contributed by atoms with Gasteiger partial charge in [-0.3, -0.25) is 37.3 Å². The molecule has 110 heavy (non-hydrogen) atoms. The van der Waals surface area contributed by atoms with Crippen molar-refractivity contribution in [2.45, 2.75) is 341 Å². The van der Waals surface area contributed by atoms with Crippen molar-refractivity contribution in [3.05, 3.63) is 170 Å². The summed E-state index contributed by atoms with van der Waals surface area (Å²) in [6.45, 7) is 4.44. The Bertz CT molecular complexity index is 2750. The van der Waals surface area contributed by atoms with Gasteiger partial charge in [0, 0.05) is 25.7 Å². The average Bonchev–Trinajstić information content (AvgIpc) is 0.911. The number of hydrogen-bond acceptors (Lipinski definition) is 15. The van der Waals surface area contributed by atoms with Gasteiger partial charge in [0.15, 0.2) is 12.2 Å². The second kappa shape index (κ2) is 81.4. The van der Waals surface area contributed by atoms with Crippen molar-refractivity contribution in [1.82, 2.24) is 0 Å². The van der Waals surface area contributed by atoms with Crippen LogP contribution in [0.15, 0.2) is 170 Å². The predicted molar refractivity (Wildman–Crippen MR) is 454 cm³/mol. The first-order valence-electron chi connectivity index (χ1n) is 42.4. The fraction of sp³-hybridized carbons (Fsp3) is 0.648. The summed E-state index contributed by atoms with van der Waals surface area (Å²) >= 11 is 0. The minimum Gasteiger partial charge on any atom is -0.462 e. The van der Waals surface area contributed by atoms with Gasteiger partial charge in [0.2, 0.25) is 0 Å². The van der Waals surface area contributed by atoms with E-state index in [9.17, 15) is 43.2 Å². The van der Waals surface area contributed by atoms with Crippen molar-refractivity contribution in [2.75, 3.05) is 39.6 Å². The molecule has 0 aromatic heterocycles. The Morgan fingerprint density at radius 3 is 0.773 bits per heavy atom. The maximum Gasteiger partial charge on any atom is 0.472 e. The standard InChI is InChI=1S/C91H150O17P2/c1-5-9-13-17-21-25-29-33-37-40-42-45-49-52-56-60-64-68-72-76-89(94)102-82-87(108-91(96)78-74-70-66-62-58-54-50-46-43-41-38-34-30-26-22-18-14-10-6-2)84-106-110(99,100)104-80-85(92)79-103-109(97,98)105-83-86(107-90(95)77-73-69-65-61-57-53-47-36-32-28-24-20-16-12-8-4)81-101-88(93)75-71-67-63-59-55-51-48-44-39-35-31-27-23-19-15-11-7-3/h9-11,13-15,21-23,25-27,33-39,42-43,45-48,51,59,63,85-87,92H,5-8,12,16-20,24,28-32,40-41,44,49-50,52-58,60-62,64-84H2,1-4H3,(H,97,98)(H,99,100)/b13-9-,14-10-,15-11-,25-21-,26-22-,27-23-,37-33-,38-34-,39-35-,45-42-,46-43-,47-36-,51-48-,63-59-. The molecule has 17 nitrogen and oxygen atoms in total. The Morgan fingerprint density at radius 2 is 0.482 bits per heavy atom. The Labute approximate surface area is 667 Å². The van der Waals surface area contributed by atoms with Crippen LogP contribution in [0.2, 0.25) is 0 Å². The molecule has 0 bridgehead atoms. The fourth-order valence-corrected chi connectivity index (χ4v) is 12.4. The molecular weight excluding hydrogens is 1430 g/mol. The summed E-state index contributed by atoms with van der Waals surface area (Å²) in [5.74, 6) is -2.29. The zero-order valence-electron chi connectivity index (χ0n) is 68.6. The van der Waals surface area contributed by atoms with Gasteiger partial charge >= 0.3 is 39.5 Å². The predicted octanol–water partition coefficient (Wildman–Crippen LogP) is 25.3. The molecule has 0 radical (unpaired) electrons. The lowest BCUT2D eigenvalue weighted by atomic mass is 10.1. The highest BCUT2D eigenvalue weighted by atomic mass is 31.2. The van der Waals surface area contributed by atoms with Crippen molar-refractivity contribution >= 4 is 39.5 Å². The molecule has 0 saturated heterocycles. The Balaban J connectivity index is 5.47. The van der Waals surface area contributed by atoms with Gasteiger partial charge in [-0.25, -0.2) is 9.13 Å². The highest BCUT2D eigenvalue weighted by molar-refractivity contribution is 7.47. The fourth-order valence-electron chi connectivity index (χ4n) is 10.8. The summed E-state index contributed by atoms with van der Waals surface area (Å²) in [4.78, 5) is 73.2. The van der Waals surface area contributed by atoms with Crippen LogP contribution >= 0.6 is 15.6 Å². The number of phosphoric ester groups is 2. The van der Waals surface area contributed by atoms with Crippen LogP contribution in [0.25, 0.3) is 0 Å². The second-order valence-electron chi connectivity index (χ2n) is 27.6. The van der Waals surface area contributed by atoms with E-state index in [1.54, 1.807) is 0 Å². The van der Waals surface area contributed by atoms with E-state index in [2.05, 4.69) is 186 Å². The van der Waals surface area contributed by atoms with E-state index in [-0.39, 0.29) is 25.7 Å². The van der Waals surface area contributed by atoms with Gasteiger partial charge in [-0.15, -0.1) is 0 Å². The molecule has 0 aliphatic carbocycles. The normalized spacial score (nSPS) is 14.6. The van der Waals surface area contributed by atoms with E-state index in [4.69, 9.17) is 37.0 Å². The topological polar surface area (TPSA) is 237 Å². The summed E-state index contributed by atoms with van der Waals surface area (Å²) in [6, 6.07) is 0. The number of phosphoric acid groups is 2. The maximum absolute atomic E-state index is 13.1. The lowest BCUT2D eigenvalue weighted by Crippen LogP contribution is -2.30. The SMILES string of the molecule is CC/C=C\C/C=C\C/C=C\C/C=C\C/C=C\CCCC(=O)OCC(COP(=O)(O)OCC(O)COP(=O)(O)OCC(COC(=O)CCCCCCCC/C=C\C/C=C\C/C=C\C/C=C\CC)OC(=O)CCCCCCCC/C=C\C/C=C\C/C=C\C/C=C\CC)OC(=O)CCCCCCC/C=C\CCCCCCCC. The molecule has 19 heteroatoms. The number of aliphatic hydroxyl groups excluding tert-OH is 1. The summed E-state index contributed by atoms with van der Waals surface area (Å²) in [5.41, 5.74) is 0. The molecule has 0 rings (SSSR count). The summed E-state index contributed by atoms with van der Waals surface area (Å²) in [7, 11) is -10.0. The summed E-state index contributed by atoms with van der Waals surface area (Å²) in [6.07, 6.45) is 97.5. The number of esters is 4. The van der Waals surface area contributed by atoms with Gasteiger partial charge in [-0.1, -0.05) is 301 Å². The van der Waals surface area contributed by atoms with Gasteiger partial charge in [-0.2, -0.15) is 0 Å². The molecule has 0 saturated carbocycles. The van der Waals surface area contributed by atoms with E-state index in [1.165, 1.54) is 38.5 Å². The zero-order valence-corrected chi connectivity index (χ0v) is 70.4. The smallest absolute Gasteiger partial charge is 0.462 e. The number of rotatable bonds is 78. The molecular formula is C91H150O17P2. The van der Waals surface area contributed by atoms with E-state index < -0.39 is 97.5 Å². The van der Waals surface area contributed by atoms with Crippen LogP contribution in [-0.4, -0.2) is 96.7 Å². The number of carbonyl (C=O) groups excluding carboxylic acids is 4. The number of allylic oxidation sites excluding steroid dienone is 28. The summed E-state index contributed by atoms with van der Waals surface area (Å²) in [5, 5.41) is 10.7. The lowest BCUT2D eigenvalue weighted by molar-refractivity contribution is -0.161. The van der Waals surface area contributed by atoms with E-state index in [0.717, 1.165) is 199 Å². The number of carbonyl (C=O) groups is 4. The minimum atomic E-state index is -5.00. The first kappa shape index (κ1) is 104. The molecule has 626 valence electrons. The van der Waals surface area contributed by atoms with Crippen molar-refractivity contribution in [3.8, 4) is 0 Å². The largest absolute Gasteiger partial charge is 0.472 e. The Kier molecular flexibility index (Phi) is 77.3. The minimum absolute atomic E-state index is 0.0679. The van der Waals surface area contributed by atoms with E-state index >= 15 is 0 Å². The van der Waals surface area contributed by atoms with E-state index in [1.807, 2.05) is 12.2 Å². The lowest BCUT2D eigenvalue weighted by Gasteiger charge is -2.21. The molecule has 0 fully saturated rings. The molecule has 0 heterocycles. The second-order valence-corrected chi connectivity index (χ2v) is 30.5. The molecule has 5 atom stereocenters. The van der Waals surface area contributed by atoms with E-state index in [0.29, 0.717) is 32.1 Å². The third kappa shape index (κ3) is 80.5. The van der Waals surface area contributed by atoms with Gasteiger partial charge < -0.3 is 33.8 Å². The van der Waals surface area contributed by atoms with Gasteiger partial charge in [-0.05, 0) is 167 Å². The number of unbranched alkanes of at least 4 members (excludes halogenated alkanes) is 24. The van der Waals surface area contributed by atoms with Crippen LogP contribution in [0, 0.1) is 0 Å². The highest BCUT2D eigenvalue weighted by Gasteiger charge is 2.30. The molecule has 0 aliphatic rings. The van der Waals surface area contributed by atoms with Crippen LogP contribution in [0.1, 0.15) is 323 Å². The van der Waals surface area contributed by atoms with Crippen molar-refractivity contribution in [2.24, 2.45) is 0 Å². The molecule has 3 N–H and O–H groups in total. The van der Waals surface area contributed by atoms with Gasteiger partial charge in [0.1, 0.15) is 19.3 Å². The third-order valence-electron chi connectivity index (χ3n) is 17.2. The Morgan fingerprint density at radius 1 is 0.264 bits per heavy atom. The van der Waals surface area contributed by atoms with Crippen LogP contribution < -0.4 is 0 Å². The number of ether oxygens (including phenoxy) is 4. The van der Waals surface area contributed by atoms with Crippen LogP contribution in [0.4, 0.5) is 0 Å². The molecule has 5 unspecified atom stereocenters. The molecule has 0 amide bonds. The van der Waals surface area contributed by atoms with Crippen molar-refractivity contribution in [3.63, 3.8) is 0 Å². The van der Waals surface area contributed by atoms with Gasteiger partial charge in [0.05, 0.1) is 26.4 Å². The molecule has 0 aromatic carbocycles. The quantitative estimate of drug-likeness (QED) is 0.0169. The summed E-state index contributed by atoms with van der Waals surface area (Å²) < 4.78 is 68.7. The zero-order chi connectivity index (χ0) is 80.3. The highest BCUT2D eigenvalue weighted by Crippen LogP contribution is 2.45. The average molecular weight is 1580 g/mol. The third-order valence-corrected chi connectivity index (χ3v) is 19.1. The van der Waals surface area contributed by atoms with Gasteiger partial charge in [0.25, 0.3) is 0 Å². The first-order chi connectivity index (χ1) is 53.7. The van der Waals surface area contributed by atoms with Crippen molar-refractivity contribution < 1.29 is 80.2 Å². The maximum atomic E-state index is 13.1. The monoisotopic (exact) mass is 1580 g/mol. The number of aliphatic hydroxyl groups is 1. The van der Waals surface area contributed by atoms with Crippen LogP contribution in [0.5, 0.6) is 0 Å². The first-order valence-corrected chi connectivity index (χ1v) is 45.4.